The summed E-state index contributed by atoms with van der Waals surface area (Å²) < 4.78 is 5.18. The minimum absolute atomic E-state index is 0.146. The highest BCUT2D eigenvalue weighted by Crippen LogP contribution is 2.26. The number of benzene rings is 1. The highest BCUT2D eigenvalue weighted by molar-refractivity contribution is 5.94. The van der Waals surface area contributed by atoms with Crippen molar-refractivity contribution in [2.24, 2.45) is 5.73 Å². The van der Waals surface area contributed by atoms with E-state index in [1.165, 1.54) is 24.3 Å². The number of rotatable bonds is 11. The zero-order valence-corrected chi connectivity index (χ0v) is 20.8. The molecule has 0 aliphatic carbocycles. The number of nitrogens with two attached hydrogens (primary N) is 1. The SMILES string of the molecule is CCCC(C)NC(=O)C(c1cccc(O)c1)N(CC#N)C(=O)C(CC(N)=O)NC(=O)OC(C)(C)C. The summed E-state index contributed by atoms with van der Waals surface area (Å²) in [6, 6.07) is 4.52. The zero-order chi connectivity index (χ0) is 26.8. The number of ether oxygens (including phenoxy) is 1. The van der Waals surface area contributed by atoms with Crippen LogP contribution in [-0.2, 0) is 19.1 Å². The van der Waals surface area contributed by atoms with Crippen LogP contribution in [0.3, 0.4) is 0 Å². The quantitative estimate of drug-likeness (QED) is 0.343. The van der Waals surface area contributed by atoms with E-state index in [1.54, 1.807) is 27.7 Å². The minimum atomic E-state index is -1.49. The molecule has 11 nitrogen and oxygen atoms in total. The van der Waals surface area contributed by atoms with Crippen molar-refractivity contribution >= 4 is 23.8 Å². The van der Waals surface area contributed by atoms with Crippen molar-refractivity contribution in [3.63, 3.8) is 0 Å². The van der Waals surface area contributed by atoms with E-state index in [2.05, 4.69) is 10.6 Å². The lowest BCUT2D eigenvalue weighted by atomic mass is 10.0. The Morgan fingerprint density at radius 1 is 1.23 bits per heavy atom. The fourth-order valence-corrected chi connectivity index (χ4v) is 3.42. The molecule has 5 N–H and O–H groups in total. The van der Waals surface area contributed by atoms with Gasteiger partial charge in [0.05, 0.1) is 12.5 Å². The lowest BCUT2D eigenvalue weighted by Crippen LogP contribution is -2.54. The average Bonchev–Trinajstić information content (AvgIpc) is 2.71. The molecule has 0 aliphatic heterocycles. The van der Waals surface area contributed by atoms with Crippen molar-refractivity contribution in [3.8, 4) is 11.8 Å². The van der Waals surface area contributed by atoms with Crippen LogP contribution in [0, 0.1) is 11.3 Å². The number of primary amides is 1. The molecule has 4 amide bonds. The molecular weight excluding hydrogens is 454 g/mol. The van der Waals surface area contributed by atoms with Crippen LogP contribution in [0.2, 0.25) is 0 Å². The van der Waals surface area contributed by atoms with E-state index < -0.39 is 54.5 Å². The number of nitrogens with zero attached hydrogens (tertiary/aromatic N) is 2. The number of nitrogens with one attached hydrogen (secondary N) is 2. The standard InChI is InChI=1S/C24H35N5O6/c1-6-8-15(2)27-21(32)20(16-9-7-10-17(30)13-16)29(12-11-25)22(33)18(14-19(26)31)28-23(34)35-24(3,4)5/h7,9-10,13,15,18,20,30H,6,8,12,14H2,1-5H3,(H2,26,31)(H,27,32)(H,28,34). The molecule has 11 heteroatoms. The van der Waals surface area contributed by atoms with Crippen LogP contribution in [0.25, 0.3) is 0 Å². The Balaban J connectivity index is 3.45. The van der Waals surface area contributed by atoms with E-state index in [4.69, 9.17) is 10.5 Å². The highest BCUT2D eigenvalue weighted by Gasteiger charge is 2.37. The third-order valence-electron chi connectivity index (χ3n) is 4.77. The first-order valence-electron chi connectivity index (χ1n) is 11.3. The first-order chi connectivity index (χ1) is 16.3. The molecule has 0 aromatic heterocycles. The molecule has 1 rings (SSSR count). The lowest BCUT2D eigenvalue weighted by Gasteiger charge is -2.33. The first-order valence-corrected chi connectivity index (χ1v) is 11.3. The van der Waals surface area contributed by atoms with Gasteiger partial charge in [0.25, 0.3) is 0 Å². The van der Waals surface area contributed by atoms with E-state index in [0.717, 1.165) is 11.3 Å². The van der Waals surface area contributed by atoms with Gasteiger partial charge < -0.3 is 31.1 Å². The number of carbonyl (C=O) groups is 4. The zero-order valence-electron chi connectivity index (χ0n) is 20.8. The van der Waals surface area contributed by atoms with Gasteiger partial charge in [-0.15, -0.1) is 0 Å². The number of carbonyl (C=O) groups excluding carboxylic acids is 4. The molecule has 0 radical (unpaired) electrons. The second-order valence-corrected chi connectivity index (χ2v) is 9.19. The summed E-state index contributed by atoms with van der Waals surface area (Å²) in [5.41, 5.74) is 4.66. The Bertz CT molecular complexity index is 952. The summed E-state index contributed by atoms with van der Waals surface area (Å²) >= 11 is 0. The molecular formula is C24H35N5O6. The molecule has 3 atom stereocenters. The maximum atomic E-state index is 13.5. The number of alkyl carbamates (subject to hydrolysis) is 1. The van der Waals surface area contributed by atoms with Crippen LogP contribution >= 0.6 is 0 Å². The van der Waals surface area contributed by atoms with Gasteiger partial charge in [0.2, 0.25) is 17.7 Å². The molecule has 0 saturated carbocycles. The number of hydrogen-bond acceptors (Lipinski definition) is 7. The molecule has 1 aromatic carbocycles. The highest BCUT2D eigenvalue weighted by atomic mass is 16.6. The molecule has 0 heterocycles. The van der Waals surface area contributed by atoms with Crippen LogP contribution in [0.1, 0.15) is 65.5 Å². The Labute approximate surface area is 205 Å². The molecule has 3 unspecified atom stereocenters. The Kier molecular flexibility index (Phi) is 11.0. The van der Waals surface area contributed by atoms with Crippen LogP contribution in [-0.4, -0.2) is 58.1 Å². The van der Waals surface area contributed by atoms with Crippen LogP contribution in [0.4, 0.5) is 4.79 Å². The van der Waals surface area contributed by atoms with Crippen LogP contribution in [0.15, 0.2) is 24.3 Å². The lowest BCUT2D eigenvalue weighted by molar-refractivity contribution is -0.142. The topological polar surface area (TPSA) is 175 Å². The van der Waals surface area contributed by atoms with Crippen molar-refractivity contribution in [2.45, 2.75) is 77.6 Å². The summed E-state index contributed by atoms with van der Waals surface area (Å²) in [5, 5.41) is 24.6. The van der Waals surface area contributed by atoms with Gasteiger partial charge in [0, 0.05) is 6.04 Å². The number of hydrogen-bond donors (Lipinski definition) is 4. The Morgan fingerprint density at radius 3 is 2.40 bits per heavy atom. The third kappa shape index (κ3) is 9.92. The smallest absolute Gasteiger partial charge is 0.408 e. The second kappa shape index (κ2) is 13.2. The maximum absolute atomic E-state index is 13.5. The van der Waals surface area contributed by atoms with Crippen molar-refractivity contribution in [1.82, 2.24) is 15.5 Å². The molecule has 0 saturated heterocycles. The normalized spacial score (nSPS) is 13.5. The molecule has 0 bridgehead atoms. The molecule has 0 aliphatic rings. The van der Waals surface area contributed by atoms with Crippen molar-refractivity contribution < 1.29 is 29.0 Å². The first kappa shape index (κ1) is 29.2. The van der Waals surface area contributed by atoms with Gasteiger partial charge in [-0.3, -0.25) is 14.4 Å². The van der Waals surface area contributed by atoms with E-state index in [-0.39, 0.29) is 17.4 Å². The van der Waals surface area contributed by atoms with Gasteiger partial charge in [-0.25, -0.2) is 4.79 Å². The number of nitriles is 1. The van der Waals surface area contributed by atoms with Gasteiger partial charge in [0.1, 0.15) is 30.0 Å². The van der Waals surface area contributed by atoms with Crippen molar-refractivity contribution in [3.05, 3.63) is 29.8 Å². The summed E-state index contributed by atoms with van der Waals surface area (Å²) in [5.74, 6) is -2.50. The summed E-state index contributed by atoms with van der Waals surface area (Å²) in [7, 11) is 0. The molecule has 0 spiro atoms. The van der Waals surface area contributed by atoms with Crippen LogP contribution in [0.5, 0.6) is 5.75 Å². The largest absolute Gasteiger partial charge is 0.508 e. The van der Waals surface area contributed by atoms with Gasteiger partial charge in [0.15, 0.2) is 0 Å². The number of phenolic OH excluding ortho intramolecular Hbond substituents is 1. The van der Waals surface area contributed by atoms with Crippen LogP contribution < -0.4 is 16.4 Å². The van der Waals surface area contributed by atoms with E-state index in [9.17, 15) is 29.5 Å². The average molecular weight is 490 g/mol. The van der Waals surface area contributed by atoms with Gasteiger partial charge in [-0.1, -0.05) is 25.5 Å². The Hall–Kier alpha value is -3.81. The monoisotopic (exact) mass is 489 g/mol. The Morgan fingerprint density at radius 2 is 1.89 bits per heavy atom. The predicted molar refractivity (Wildman–Crippen MR) is 128 cm³/mol. The van der Waals surface area contributed by atoms with Crippen molar-refractivity contribution in [1.29, 1.82) is 5.26 Å². The van der Waals surface area contributed by atoms with Crippen molar-refractivity contribution in [2.75, 3.05) is 6.54 Å². The van der Waals surface area contributed by atoms with Gasteiger partial charge in [-0.2, -0.15) is 5.26 Å². The predicted octanol–water partition coefficient (Wildman–Crippen LogP) is 1.86. The van der Waals surface area contributed by atoms with E-state index in [1.807, 2.05) is 13.0 Å². The summed E-state index contributed by atoms with van der Waals surface area (Å²) in [6.45, 7) is 8.09. The van der Waals surface area contributed by atoms with E-state index >= 15 is 0 Å². The fourth-order valence-electron chi connectivity index (χ4n) is 3.42. The number of aromatic hydroxyl groups is 1. The maximum Gasteiger partial charge on any atom is 0.408 e. The minimum Gasteiger partial charge on any atom is -0.508 e. The van der Waals surface area contributed by atoms with Gasteiger partial charge in [-0.05, 0) is 51.8 Å². The molecule has 1 aromatic rings. The molecule has 35 heavy (non-hydrogen) atoms. The fraction of sp³-hybridized carbons (Fsp3) is 0.542. The second-order valence-electron chi connectivity index (χ2n) is 9.19. The number of amides is 4. The van der Waals surface area contributed by atoms with E-state index in [0.29, 0.717) is 6.42 Å². The molecule has 0 fully saturated rings. The molecule has 192 valence electrons. The summed E-state index contributed by atoms with van der Waals surface area (Å²) in [4.78, 5) is 51.8. The third-order valence-corrected chi connectivity index (χ3v) is 4.77. The van der Waals surface area contributed by atoms with Gasteiger partial charge >= 0.3 is 6.09 Å². The summed E-state index contributed by atoms with van der Waals surface area (Å²) in [6.07, 6.45) is -0.0704. The number of phenols is 1.